The van der Waals surface area contributed by atoms with Crippen molar-refractivity contribution in [3.05, 3.63) is 70.2 Å². The Morgan fingerprint density at radius 3 is 1.83 bits per heavy atom. The lowest BCUT2D eigenvalue weighted by Crippen LogP contribution is -2.30. The van der Waals surface area contributed by atoms with Crippen molar-refractivity contribution in [2.24, 2.45) is 11.3 Å². The van der Waals surface area contributed by atoms with Gasteiger partial charge in [-0.2, -0.15) is 0 Å². The maximum atomic E-state index is 12.5. The van der Waals surface area contributed by atoms with Gasteiger partial charge in [-0.05, 0) is 36.2 Å². The zero-order valence-corrected chi connectivity index (χ0v) is 15.4. The first-order chi connectivity index (χ1) is 11.2. The van der Waals surface area contributed by atoms with Gasteiger partial charge in [0.05, 0.1) is 0 Å². The summed E-state index contributed by atoms with van der Waals surface area (Å²) in [6, 6.07) is 14.4. The first-order valence-corrected chi connectivity index (χ1v) is 8.52. The van der Waals surface area contributed by atoms with Gasteiger partial charge < -0.3 is 0 Å². The fraction of sp³-hybridized carbons (Fsp3) is 0.333. The number of carbonyl (C=O) groups excluding carboxylic acids is 2. The largest absolute Gasteiger partial charge is 0.299 e. The standard InChI is InChI=1S/C21H23ClO2/c1-14(2)20(24)21(3,4)13-15-5-7-16(8-6-15)19(23)17-9-11-18(22)12-10-17/h5-12,14H,13H2,1-4H3. The summed E-state index contributed by atoms with van der Waals surface area (Å²) in [6.07, 6.45) is 0.666. The number of halogens is 1. The van der Waals surface area contributed by atoms with E-state index < -0.39 is 5.41 Å². The fourth-order valence-corrected chi connectivity index (χ4v) is 3.05. The van der Waals surface area contributed by atoms with Gasteiger partial charge in [0.15, 0.2) is 5.78 Å². The zero-order valence-electron chi connectivity index (χ0n) is 14.6. The molecule has 0 atom stereocenters. The van der Waals surface area contributed by atoms with Crippen LogP contribution in [0.3, 0.4) is 0 Å². The van der Waals surface area contributed by atoms with E-state index in [1.165, 1.54) is 0 Å². The van der Waals surface area contributed by atoms with Crippen molar-refractivity contribution >= 4 is 23.2 Å². The summed E-state index contributed by atoms with van der Waals surface area (Å²) in [7, 11) is 0. The predicted octanol–water partition coefficient (Wildman–Crippen LogP) is 5.36. The summed E-state index contributed by atoms with van der Waals surface area (Å²) in [5.41, 5.74) is 1.90. The van der Waals surface area contributed by atoms with Crippen molar-refractivity contribution in [1.82, 2.24) is 0 Å². The minimum absolute atomic E-state index is 0.0192. The lowest BCUT2D eigenvalue weighted by atomic mass is 9.77. The first kappa shape index (κ1) is 18.4. The Morgan fingerprint density at radius 1 is 0.917 bits per heavy atom. The number of benzene rings is 2. The highest BCUT2D eigenvalue weighted by Crippen LogP contribution is 2.27. The van der Waals surface area contributed by atoms with Crippen molar-refractivity contribution in [3.8, 4) is 0 Å². The van der Waals surface area contributed by atoms with E-state index in [4.69, 9.17) is 11.6 Å². The highest BCUT2D eigenvalue weighted by Gasteiger charge is 2.29. The van der Waals surface area contributed by atoms with E-state index in [1.807, 2.05) is 52.0 Å². The minimum Gasteiger partial charge on any atom is -0.299 e. The molecule has 0 bridgehead atoms. The van der Waals surface area contributed by atoms with Crippen LogP contribution in [0.25, 0.3) is 0 Å². The van der Waals surface area contributed by atoms with Crippen LogP contribution in [0, 0.1) is 11.3 Å². The number of carbonyl (C=O) groups is 2. The molecule has 0 amide bonds. The fourth-order valence-electron chi connectivity index (χ4n) is 2.92. The molecule has 2 aromatic carbocycles. The third kappa shape index (κ3) is 4.33. The summed E-state index contributed by atoms with van der Waals surface area (Å²) < 4.78 is 0. The topological polar surface area (TPSA) is 34.1 Å². The summed E-state index contributed by atoms with van der Waals surface area (Å²) in [5.74, 6) is 0.241. The second-order valence-electron chi connectivity index (χ2n) is 7.11. The molecule has 0 saturated heterocycles. The number of hydrogen-bond donors (Lipinski definition) is 0. The van der Waals surface area contributed by atoms with Crippen LogP contribution in [-0.2, 0) is 11.2 Å². The average Bonchev–Trinajstić information content (AvgIpc) is 2.54. The molecule has 3 heteroatoms. The highest BCUT2D eigenvalue weighted by molar-refractivity contribution is 6.30. The molecular formula is C21H23ClO2. The molecule has 0 unspecified atom stereocenters. The molecule has 126 valence electrons. The van der Waals surface area contributed by atoms with E-state index in [-0.39, 0.29) is 17.5 Å². The van der Waals surface area contributed by atoms with Crippen molar-refractivity contribution in [1.29, 1.82) is 0 Å². The Bertz CT molecular complexity index is 725. The van der Waals surface area contributed by atoms with Crippen LogP contribution in [0.15, 0.2) is 48.5 Å². The molecule has 0 radical (unpaired) electrons. The number of Topliss-reactive ketones (excluding diaryl/α,β-unsaturated/α-hetero) is 1. The molecule has 0 aliphatic rings. The summed E-state index contributed by atoms with van der Waals surface area (Å²) in [5, 5.41) is 0.610. The smallest absolute Gasteiger partial charge is 0.193 e. The lowest BCUT2D eigenvalue weighted by molar-refractivity contribution is -0.130. The van der Waals surface area contributed by atoms with E-state index in [0.29, 0.717) is 22.6 Å². The molecule has 0 fully saturated rings. The van der Waals surface area contributed by atoms with E-state index >= 15 is 0 Å². The Morgan fingerprint density at radius 2 is 1.38 bits per heavy atom. The van der Waals surface area contributed by atoms with Gasteiger partial charge in [0.2, 0.25) is 0 Å². The van der Waals surface area contributed by atoms with Gasteiger partial charge >= 0.3 is 0 Å². The molecule has 2 nitrogen and oxygen atoms in total. The van der Waals surface area contributed by atoms with Gasteiger partial charge in [-0.1, -0.05) is 63.6 Å². The van der Waals surface area contributed by atoms with Gasteiger partial charge in [-0.25, -0.2) is 0 Å². The van der Waals surface area contributed by atoms with Gasteiger partial charge in [-0.15, -0.1) is 0 Å². The van der Waals surface area contributed by atoms with E-state index in [0.717, 1.165) is 5.56 Å². The molecular weight excluding hydrogens is 320 g/mol. The van der Waals surface area contributed by atoms with Crippen molar-refractivity contribution in [3.63, 3.8) is 0 Å². The van der Waals surface area contributed by atoms with Crippen LogP contribution >= 0.6 is 11.6 Å². The molecule has 0 saturated carbocycles. The Kier molecular flexibility index (Phi) is 5.61. The molecule has 0 N–H and O–H groups in total. The van der Waals surface area contributed by atoms with Gasteiger partial charge in [0.25, 0.3) is 0 Å². The van der Waals surface area contributed by atoms with Gasteiger partial charge in [-0.3, -0.25) is 9.59 Å². The van der Waals surface area contributed by atoms with E-state index in [9.17, 15) is 9.59 Å². The monoisotopic (exact) mass is 342 g/mol. The maximum Gasteiger partial charge on any atom is 0.193 e. The van der Waals surface area contributed by atoms with Crippen LogP contribution in [0.1, 0.15) is 49.2 Å². The number of ketones is 2. The van der Waals surface area contributed by atoms with Crippen molar-refractivity contribution in [2.45, 2.75) is 34.1 Å². The average molecular weight is 343 g/mol. The quantitative estimate of drug-likeness (QED) is 0.662. The van der Waals surface area contributed by atoms with Crippen LogP contribution in [-0.4, -0.2) is 11.6 Å². The van der Waals surface area contributed by atoms with Gasteiger partial charge in [0, 0.05) is 27.5 Å². The zero-order chi connectivity index (χ0) is 17.9. The SMILES string of the molecule is CC(C)C(=O)C(C)(C)Cc1ccc(C(=O)c2ccc(Cl)cc2)cc1. The third-order valence-electron chi connectivity index (χ3n) is 4.16. The second kappa shape index (κ2) is 7.31. The number of rotatable bonds is 6. The van der Waals surface area contributed by atoms with Crippen molar-refractivity contribution < 1.29 is 9.59 Å². The first-order valence-electron chi connectivity index (χ1n) is 8.14. The Balaban J connectivity index is 2.14. The van der Waals surface area contributed by atoms with Gasteiger partial charge in [0.1, 0.15) is 5.78 Å². The van der Waals surface area contributed by atoms with E-state index in [2.05, 4.69) is 0 Å². The van der Waals surface area contributed by atoms with Crippen LogP contribution < -0.4 is 0 Å². The Labute approximate surface area is 148 Å². The molecule has 0 heterocycles. The molecule has 24 heavy (non-hydrogen) atoms. The van der Waals surface area contributed by atoms with Crippen molar-refractivity contribution in [2.75, 3.05) is 0 Å². The van der Waals surface area contributed by atoms with Crippen LogP contribution in [0.4, 0.5) is 0 Å². The molecule has 0 aliphatic heterocycles. The lowest BCUT2D eigenvalue weighted by Gasteiger charge is -2.25. The molecule has 2 aromatic rings. The van der Waals surface area contributed by atoms with Crippen LogP contribution in [0.2, 0.25) is 5.02 Å². The number of hydrogen-bond acceptors (Lipinski definition) is 2. The molecule has 0 spiro atoms. The summed E-state index contributed by atoms with van der Waals surface area (Å²) >= 11 is 5.85. The minimum atomic E-state index is -0.407. The van der Waals surface area contributed by atoms with Crippen LogP contribution in [0.5, 0.6) is 0 Å². The second-order valence-corrected chi connectivity index (χ2v) is 7.55. The maximum absolute atomic E-state index is 12.5. The molecule has 0 aromatic heterocycles. The van der Waals surface area contributed by atoms with E-state index in [1.54, 1.807) is 24.3 Å². The normalized spacial score (nSPS) is 11.6. The Hall–Kier alpha value is -1.93. The molecule has 0 aliphatic carbocycles. The predicted molar refractivity (Wildman–Crippen MR) is 98.7 cm³/mol. The summed E-state index contributed by atoms with van der Waals surface area (Å²) in [6.45, 7) is 7.81. The highest BCUT2D eigenvalue weighted by atomic mass is 35.5. The third-order valence-corrected chi connectivity index (χ3v) is 4.41. The summed E-state index contributed by atoms with van der Waals surface area (Å²) in [4.78, 5) is 24.7. The molecule has 2 rings (SSSR count).